The number of aryl methyl sites for hydroxylation is 2. The Balaban J connectivity index is 1.86. The predicted molar refractivity (Wildman–Crippen MR) is 82.4 cm³/mol. The van der Waals surface area contributed by atoms with Crippen LogP contribution in [0, 0.1) is 19.8 Å². The van der Waals surface area contributed by atoms with Gasteiger partial charge in [-0.1, -0.05) is 17.7 Å². The number of fused-ring (bicyclic) bond motifs is 1. The van der Waals surface area contributed by atoms with Crippen molar-refractivity contribution in [3.05, 3.63) is 58.9 Å². The smallest absolute Gasteiger partial charge is 0.259 e. The number of benzene rings is 1. The van der Waals surface area contributed by atoms with Gasteiger partial charge in [0.15, 0.2) is 0 Å². The first kappa shape index (κ1) is 12.6. The molecule has 0 spiro atoms. The van der Waals surface area contributed by atoms with E-state index in [1.165, 1.54) is 24.0 Å². The maximum atomic E-state index is 12.9. The zero-order valence-corrected chi connectivity index (χ0v) is 12.3. The van der Waals surface area contributed by atoms with E-state index in [0.717, 1.165) is 16.8 Å². The van der Waals surface area contributed by atoms with E-state index in [1.54, 1.807) is 6.20 Å². The maximum absolute atomic E-state index is 12.9. The van der Waals surface area contributed by atoms with Gasteiger partial charge in [-0.15, -0.1) is 0 Å². The fourth-order valence-corrected chi connectivity index (χ4v) is 3.34. The van der Waals surface area contributed by atoms with Gasteiger partial charge in [-0.05, 0) is 55.9 Å². The van der Waals surface area contributed by atoms with Crippen LogP contribution >= 0.6 is 0 Å². The Morgan fingerprint density at radius 2 is 1.90 bits per heavy atom. The average Bonchev–Trinajstić information content (AvgIpc) is 3.24. The van der Waals surface area contributed by atoms with Crippen LogP contribution in [0.5, 0.6) is 0 Å². The van der Waals surface area contributed by atoms with Gasteiger partial charge in [-0.2, -0.15) is 0 Å². The first-order chi connectivity index (χ1) is 10.1. The highest BCUT2D eigenvalue weighted by atomic mass is 16.2. The molecule has 1 aliphatic heterocycles. The number of rotatable bonds is 2. The molecular weight excluding hydrogens is 260 g/mol. The Morgan fingerprint density at radius 1 is 1.10 bits per heavy atom. The molecule has 0 saturated heterocycles. The molecule has 0 bridgehead atoms. The molecule has 1 aliphatic carbocycles. The lowest BCUT2D eigenvalue weighted by Gasteiger charge is -2.25. The van der Waals surface area contributed by atoms with E-state index < -0.39 is 0 Å². The normalized spacial score (nSPS) is 20.8. The molecule has 1 aromatic heterocycles. The monoisotopic (exact) mass is 278 g/mol. The van der Waals surface area contributed by atoms with Crippen molar-refractivity contribution in [3.8, 4) is 0 Å². The number of anilines is 1. The molecule has 2 aliphatic rings. The van der Waals surface area contributed by atoms with Crippen LogP contribution in [-0.2, 0) is 0 Å². The van der Waals surface area contributed by atoms with Gasteiger partial charge in [0.1, 0.15) is 0 Å². The molecule has 3 nitrogen and oxygen atoms in total. The second-order valence-electron chi connectivity index (χ2n) is 6.27. The number of hydrogen-bond acceptors (Lipinski definition) is 2. The molecule has 1 aromatic carbocycles. The van der Waals surface area contributed by atoms with E-state index in [2.05, 4.69) is 24.0 Å². The summed E-state index contributed by atoms with van der Waals surface area (Å²) in [6.45, 7) is 4.10. The molecule has 0 radical (unpaired) electrons. The first-order valence-corrected chi connectivity index (χ1v) is 7.51. The van der Waals surface area contributed by atoms with Crippen molar-refractivity contribution in [1.82, 2.24) is 4.98 Å². The van der Waals surface area contributed by atoms with Gasteiger partial charge >= 0.3 is 0 Å². The van der Waals surface area contributed by atoms with Gasteiger partial charge in [0, 0.05) is 11.8 Å². The molecule has 3 heteroatoms. The Labute approximate surface area is 124 Å². The first-order valence-electron chi connectivity index (χ1n) is 7.51. The quantitative estimate of drug-likeness (QED) is 0.837. The van der Waals surface area contributed by atoms with Gasteiger partial charge in [0.2, 0.25) is 0 Å². The van der Waals surface area contributed by atoms with Crippen LogP contribution in [0.4, 0.5) is 5.69 Å². The average molecular weight is 278 g/mol. The molecule has 1 amide bonds. The molecule has 106 valence electrons. The minimum absolute atomic E-state index is 0.120. The summed E-state index contributed by atoms with van der Waals surface area (Å²) in [5, 5.41) is 0. The summed E-state index contributed by atoms with van der Waals surface area (Å²) in [6.07, 6.45) is 6.05. The number of nitrogens with zero attached hydrogens (tertiary/aromatic N) is 2. The minimum Gasteiger partial charge on any atom is -0.299 e. The highest BCUT2D eigenvalue weighted by Crippen LogP contribution is 2.50. The molecule has 2 heterocycles. The topological polar surface area (TPSA) is 33.2 Å². The van der Waals surface area contributed by atoms with Crippen LogP contribution in [0.1, 0.15) is 45.9 Å². The minimum atomic E-state index is 0.120. The molecule has 4 rings (SSSR count). The maximum Gasteiger partial charge on any atom is 0.259 e. The Morgan fingerprint density at radius 3 is 2.62 bits per heavy atom. The van der Waals surface area contributed by atoms with Crippen LogP contribution in [0.25, 0.3) is 0 Å². The molecule has 1 unspecified atom stereocenters. The van der Waals surface area contributed by atoms with Crippen LogP contribution in [-0.4, -0.2) is 10.9 Å². The molecule has 21 heavy (non-hydrogen) atoms. The number of carbonyl (C=O) groups is 1. The summed E-state index contributed by atoms with van der Waals surface area (Å²) >= 11 is 0. The van der Waals surface area contributed by atoms with Gasteiger partial charge in [-0.25, -0.2) is 0 Å². The highest BCUT2D eigenvalue weighted by Gasteiger charge is 2.45. The molecule has 1 fully saturated rings. The van der Waals surface area contributed by atoms with E-state index in [-0.39, 0.29) is 11.9 Å². The van der Waals surface area contributed by atoms with Crippen molar-refractivity contribution in [2.75, 3.05) is 4.90 Å². The van der Waals surface area contributed by atoms with E-state index in [4.69, 9.17) is 0 Å². The van der Waals surface area contributed by atoms with Crippen molar-refractivity contribution in [3.63, 3.8) is 0 Å². The van der Waals surface area contributed by atoms with Crippen molar-refractivity contribution < 1.29 is 4.79 Å². The SMILES string of the molecule is Cc1cncc(N2C(=O)c3ccc(C)cc3C2C2CC2)c1. The zero-order valence-electron chi connectivity index (χ0n) is 12.3. The van der Waals surface area contributed by atoms with Crippen molar-refractivity contribution >= 4 is 11.6 Å². The molecule has 1 saturated carbocycles. The number of carbonyl (C=O) groups excluding carboxylic acids is 1. The second kappa shape index (κ2) is 4.42. The summed E-state index contributed by atoms with van der Waals surface area (Å²) in [6, 6.07) is 8.43. The van der Waals surface area contributed by atoms with Gasteiger partial charge in [0.25, 0.3) is 5.91 Å². The van der Waals surface area contributed by atoms with Crippen molar-refractivity contribution in [2.24, 2.45) is 5.92 Å². The number of aromatic nitrogens is 1. The van der Waals surface area contributed by atoms with Gasteiger partial charge in [-0.3, -0.25) is 14.7 Å². The Hall–Kier alpha value is -2.16. The molecular formula is C18H18N2O. The number of amides is 1. The van der Waals surface area contributed by atoms with Crippen molar-refractivity contribution in [1.29, 1.82) is 0 Å². The fourth-order valence-electron chi connectivity index (χ4n) is 3.34. The largest absolute Gasteiger partial charge is 0.299 e. The third kappa shape index (κ3) is 1.96. The lowest BCUT2D eigenvalue weighted by molar-refractivity contribution is 0.0989. The standard InChI is InChI=1S/C18H18N2O/c1-11-3-6-15-16(8-11)17(13-4-5-13)20(18(15)21)14-7-12(2)9-19-10-14/h3,6-10,13,17H,4-5H2,1-2H3. The molecule has 2 aromatic rings. The number of hydrogen-bond donors (Lipinski definition) is 0. The third-order valence-electron chi connectivity index (χ3n) is 4.46. The van der Waals surface area contributed by atoms with E-state index >= 15 is 0 Å². The summed E-state index contributed by atoms with van der Waals surface area (Å²) in [5.41, 5.74) is 5.28. The van der Waals surface area contributed by atoms with Crippen LogP contribution in [0.2, 0.25) is 0 Å². The van der Waals surface area contributed by atoms with E-state index in [9.17, 15) is 4.79 Å². The van der Waals surface area contributed by atoms with Gasteiger partial charge in [0.05, 0.1) is 17.9 Å². The van der Waals surface area contributed by atoms with Crippen molar-refractivity contribution in [2.45, 2.75) is 32.7 Å². The highest BCUT2D eigenvalue weighted by molar-refractivity contribution is 6.11. The summed E-state index contributed by atoms with van der Waals surface area (Å²) < 4.78 is 0. The van der Waals surface area contributed by atoms with Gasteiger partial charge < -0.3 is 0 Å². The Kier molecular flexibility index (Phi) is 2.64. The van der Waals surface area contributed by atoms with Crippen LogP contribution in [0.15, 0.2) is 36.7 Å². The van der Waals surface area contributed by atoms with Crippen LogP contribution < -0.4 is 4.90 Å². The molecule has 1 atom stereocenters. The third-order valence-corrected chi connectivity index (χ3v) is 4.46. The van der Waals surface area contributed by atoms with E-state index in [1.807, 2.05) is 30.2 Å². The Bertz CT molecular complexity index is 734. The van der Waals surface area contributed by atoms with Crippen LogP contribution in [0.3, 0.4) is 0 Å². The lowest BCUT2D eigenvalue weighted by Crippen LogP contribution is -2.29. The predicted octanol–water partition coefficient (Wildman–Crippen LogP) is 3.81. The number of pyridine rings is 1. The zero-order chi connectivity index (χ0) is 14.6. The summed E-state index contributed by atoms with van der Waals surface area (Å²) in [4.78, 5) is 19.1. The fraction of sp³-hybridized carbons (Fsp3) is 0.333. The lowest BCUT2D eigenvalue weighted by atomic mass is 9.99. The summed E-state index contributed by atoms with van der Waals surface area (Å²) in [5.74, 6) is 0.715. The second-order valence-corrected chi connectivity index (χ2v) is 6.27. The molecule has 0 N–H and O–H groups in total. The summed E-state index contributed by atoms with van der Waals surface area (Å²) in [7, 11) is 0. The van der Waals surface area contributed by atoms with E-state index in [0.29, 0.717) is 5.92 Å².